The Hall–Kier alpha value is -2.15. The second kappa shape index (κ2) is 7.17. The molecular formula is C17H26N6O. The average Bonchev–Trinajstić information content (AvgIpc) is 3.14. The molecule has 3 rings (SSSR count). The Bertz CT molecular complexity index is 696. The Morgan fingerprint density at radius 1 is 1.21 bits per heavy atom. The third-order valence-corrected chi connectivity index (χ3v) is 4.70. The number of aryl methyl sites for hydroxylation is 3. The van der Waals surface area contributed by atoms with Crippen LogP contribution in [0.5, 0.6) is 0 Å². The van der Waals surface area contributed by atoms with Gasteiger partial charge in [0, 0.05) is 62.9 Å². The van der Waals surface area contributed by atoms with Crippen molar-refractivity contribution in [1.29, 1.82) is 0 Å². The molecule has 0 atom stereocenters. The zero-order valence-electron chi connectivity index (χ0n) is 14.8. The van der Waals surface area contributed by atoms with Crippen molar-refractivity contribution in [3.63, 3.8) is 0 Å². The molecule has 1 aliphatic heterocycles. The van der Waals surface area contributed by atoms with Crippen LogP contribution in [0.3, 0.4) is 0 Å². The lowest BCUT2D eigenvalue weighted by Gasteiger charge is -2.34. The Labute approximate surface area is 142 Å². The maximum Gasteiger partial charge on any atom is 0.244 e. The van der Waals surface area contributed by atoms with E-state index in [1.807, 2.05) is 22.6 Å². The maximum absolute atomic E-state index is 12.4. The molecule has 24 heavy (non-hydrogen) atoms. The highest BCUT2D eigenvalue weighted by Gasteiger charge is 2.22. The quantitative estimate of drug-likeness (QED) is 0.822. The molecule has 130 valence electrons. The third-order valence-electron chi connectivity index (χ3n) is 4.70. The first-order valence-corrected chi connectivity index (χ1v) is 8.58. The van der Waals surface area contributed by atoms with Gasteiger partial charge in [-0.2, -0.15) is 10.2 Å². The van der Waals surface area contributed by atoms with Crippen LogP contribution in [0.4, 0.5) is 0 Å². The van der Waals surface area contributed by atoms with Crippen molar-refractivity contribution in [3.05, 3.63) is 35.4 Å². The number of nitrogens with zero attached hydrogens (tertiary/aromatic N) is 6. The molecular weight excluding hydrogens is 304 g/mol. The number of rotatable bonds is 5. The van der Waals surface area contributed by atoms with Crippen molar-refractivity contribution in [3.8, 4) is 0 Å². The van der Waals surface area contributed by atoms with Gasteiger partial charge in [0.2, 0.25) is 5.91 Å². The Morgan fingerprint density at radius 2 is 1.96 bits per heavy atom. The van der Waals surface area contributed by atoms with Gasteiger partial charge in [0.15, 0.2) is 0 Å². The normalized spacial score (nSPS) is 15.9. The molecule has 7 heteroatoms. The summed E-state index contributed by atoms with van der Waals surface area (Å²) in [6, 6.07) is 1.92. The molecule has 2 aromatic rings. The predicted octanol–water partition coefficient (Wildman–Crippen LogP) is 1.06. The van der Waals surface area contributed by atoms with Crippen LogP contribution in [0.2, 0.25) is 0 Å². The molecule has 7 nitrogen and oxygen atoms in total. The second-order valence-corrected chi connectivity index (χ2v) is 6.38. The molecule has 1 amide bonds. The molecule has 0 bridgehead atoms. The lowest BCUT2D eigenvalue weighted by Crippen LogP contribution is -2.49. The van der Waals surface area contributed by atoms with E-state index in [2.05, 4.69) is 35.1 Å². The number of hydrogen-bond acceptors (Lipinski definition) is 4. The zero-order valence-corrected chi connectivity index (χ0v) is 14.8. The highest BCUT2D eigenvalue weighted by Crippen LogP contribution is 2.12. The van der Waals surface area contributed by atoms with Gasteiger partial charge in [0.1, 0.15) is 6.54 Å². The summed E-state index contributed by atoms with van der Waals surface area (Å²) in [6.45, 7) is 11.6. The van der Waals surface area contributed by atoms with Crippen molar-refractivity contribution in [2.24, 2.45) is 0 Å². The first-order valence-electron chi connectivity index (χ1n) is 8.58. The molecule has 0 aromatic carbocycles. The molecule has 2 aromatic heterocycles. The van der Waals surface area contributed by atoms with Gasteiger partial charge in [-0.05, 0) is 26.8 Å². The van der Waals surface area contributed by atoms with Gasteiger partial charge < -0.3 is 4.90 Å². The Balaban J connectivity index is 1.51. The molecule has 1 saturated heterocycles. The van der Waals surface area contributed by atoms with Crippen LogP contribution in [-0.2, 0) is 24.4 Å². The number of carbonyl (C=O) groups is 1. The largest absolute Gasteiger partial charge is 0.339 e. The SMILES string of the molecule is CCn1cc(CN2CCN(C(=O)Cn3nccc3C)CC2)c(C)n1. The van der Waals surface area contributed by atoms with E-state index < -0.39 is 0 Å². The van der Waals surface area contributed by atoms with Gasteiger partial charge in [-0.15, -0.1) is 0 Å². The number of piperazine rings is 1. The second-order valence-electron chi connectivity index (χ2n) is 6.38. The van der Waals surface area contributed by atoms with E-state index in [4.69, 9.17) is 0 Å². The summed E-state index contributed by atoms with van der Waals surface area (Å²) in [6.07, 6.45) is 3.87. The Morgan fingerprint density at radius 3 is 2.54 bits per heavy atom. The molecule has 0 N–H and O–H groups in total. The van der Waals surface area contributed by atoms with Gasteiger partial charge >= 0.3 is 0 Å². The highest BCUT2D eigenvalue weighted by molar-refractivity contribution is 5.76. The van der Waals surface area contributed by atoms with Crippen LogP contribution in [0.1, 0.15) is 23.9 Å². The summed E-state index contributed by atoms with van der Waals surface area (Å²) >= 11 is 0. The lowest BCUT2D eigenvalue weighted by molar-refractivity contribution is -0.133. The fourth-order valence-electron chi connectivity index (χ4n) is 3.07. The van der Waals surface area contributed by atoms with Crippen molar-refractivity contribution in [2.75, 3.05) is 26.2 Å². The van der Waals surface area contributed by atoms with Gasteiger partial charge in [-0.25, -0.2) is 0 Å². The van der Waals surface area contributed by atoms with Gasteiger partial charge in [-0.1, -0.05) is 0 Å². The minimum absolute atomic E-state index is 0.149. The standard InChI is InChI=1S/C17H26N6O/c1-4-22-12-16(15(3)19-22)11-20-7-9-21(10-8-20)17(24)13-23-14(2)5-6-18-23/h5-6,12H,4,7-11,13H2,1-3H3. The number of amides is 1. The molecule has 0 aliphatic carbocycles. The minimum atomic E-state index is 0.149. The molecule has 3 heterocycles. The van der Waals surface area contributed by atoms with Crippen LogP contribution in [0.25, 0.3) is 0 Å². The van der Waals surface area contributed by atoms with E-state index in [1.165, 1.54) is 5.56 Å². The summed E-state index contributed by atoms with van der Waals surface area (Å²) in [5, 5.41) is 8.69. The minimum Gasteiger partial charge on any atom is -0.339 e. The fraction of sp³-hybridized carbons (Fsp3) is 0.588. The van der Waals surface area contributed by atoms with Crippen molar-refractivity contribution in [2.45, 2.75) is 40.4 Å². The van der Waals surface area contributed by atoms with Crippen molar-refractivity contribution < 1.29 is 4.79 Å². The van der Waals surface area contributed by atoms with E-state index in [0.29, 0.717) is 6.54 Å². The van der Waals surface area contributed by atoms with E-state index >= 15 is 0 Å². The average molecular weight is 330 g/mol. The van der Waals surface area contributed by atoms with E-state index in [1.54, 1.807) is 10.9 Å². The smallest absolute Gasteiger partial charge is 0.244 e. The molecule has 1 aliphatic rings. The van der Waals surface area contributed by atoms with Gasteiger partial charge in [0.25, 0.3) is 0 Å². The highest BCUT2D eigenvalue weighted by atomic mass is 16.2. The molecule has 1 fully saturated rings. The first kappa shape index (κ1) is 16.7. The Kier molecular flexibility index (Phi) is 4.99. The maximum atomic E-state index is 12.4. The van der Waals surface area contributed by atoms with Crippen molar-refractivity contribution in [1.82, 2.24) is 29.4 Å². The third kappa shape index (κ3) is 3.67. The van der Waals surface area contributed by atoms with Crippen LogP contribution in [0, 0.1) is 13.8 Å². The summed E-state index contributed by atoms with van der Waals surface area (Å²) in [5.74, 6) is 0.149. The zero-order chi connectivity index (χ0) is 17.1. The molecule has 0 radical (unpaired) electrons. The van der Waals surface area contributed by atoms with Gasteiger partial charge in [-0.3, -0.25) is 19.1 Å². The van der Waals surface area contributed by atoms with Crippen LogP contribution >= 0.6 is 0 Å². The fourth-order valence-corrected chi connectivity index (χ4v) is 3.07. The molecule has 0 spiro atoms. The van der Waals surface area contributed by atoms with E-state index in [-0.39, 0.29) is 5.91 Å². The molecule has 0 saturated carbocycles. The lowest BCUT2D eigenvalue weighted by atomic mass is 10.2. The number of hydrogen-bond donors (Lipinski definition) is 0. The van der Waals surface area contributed by atoms with Crippen molar-refractivity contribution >= 4 is 5.91 Å². The number of carbonyl (C=O) groups excluding carboxylic acids is 1. The summed E-state index contributed by atoms with van der Waals surface area (Å²) in [4.78, 5) is 16.8. The molecule has 0 unspecified atom stereocenters. The predicted molar refractivity (Wildman–Crippen MR) is 91.5 cm³/mol. The summed E-state index contributed by atoms with van der Waals surface area (Å²) in [7, 11) is 0. The number of aromatic nitrogens is 4. The van der Waals surface area contributed by atoms with Crippen LogP contribution in [-0.4, -0.2) is 61.4 Å². The summed E-state index contributed by atoms with van der Waals surface area (Å²) < 4.78 is 3.74. The van der Waals surface area contributed by atoms with Gasteiger partial charge in [0.05, 0.1) is 5.69 Å². The van der Waals surface area contributed by atoms with E-state index in [9.17, 15) is 4.79 Å². The summed E-state index contributed by atoms with van der Waals surface area (Å²) in [5.41, 5.74) is 3.40. The van der Waals surface area contributed by atoms with Crippen LogP contribution in [0.15, 0.2) is 18.5 Å². The van der Waals surface area contributed by atoms with Crippen LogP contribution < -0.4 is 0 Å². The monoisotopic (exact) mass is 330 g/mol. The topological polar surface area (TPSA) is 59.2 Å². The van der Waals surface area contributed by atoms with E-state index in [0.717, 1.165) is 50.7 Å². The first-order chi connectivity index (χ1) is 11.6.